The lowest BCUT2D eigenvalue weighted by Crippen LogP contribution is -2.25. The average Bonchev–Trinajstić information content (AvgIpc) is 2.36. The highest BCUT2D eigenvalue weighted by Crippen LogP contribution is 2.27. The van der Waals surface area contributed by atoms with E-state index in [1.807, 2.05) is 18.2 Å². The lowest BCUT2D eigenvalue weighted by Gasteiger charge is -2.15. The van der Waals surface area contributed by atoms with E-state index in [1.165, 1.54) is 0 Å². The van der Waals surface area contributed by atoms with Gasteiger partial charge < -0.3 is 19.9 Å². The zero-order valence-electron chi connectivity index (χ0n) is 11.6. The van der Waals surface area contributed by atoms with E-state index in [0.29, 0.717) is 25.7 Å². The normalized spacial score (nSPS) is 12.5. The molecule has 0 amide bonds. The number of anilines is 1. The van der Waals surface area contributed by atoms with Crippen LogP contribution < -0.4 is 10.1 Å². The summed E-state index contributed by atoms with van der Waals surface area (Å²) in [6.45, 7) is 5.64. The standard InChI is InChI=1S/C14H22BrNO3/c1-10(2)8-19-9-12(17)7-16-11-4-5-14(18-3)13(15)6-11/h4-6,10,12,16-17H,7-9H2,1-3H3. The van der Waals surface area contributed by atoms with Crippen LogP contribution in [0.15, 0.2) is 22.7 Å². The molecular weight excluding hydrogens is 310 g/mol. The number of aliphatic hydroxyl groups excluding tert-OH is 1. The quantitative estimate of drug-likeness (QED) is 0.769. The first kappa shape index (κ1) is 16.3. The van der Waals surface area contributed by atoms with E-state index in [-0.39, 0.29) is 0 Å². The molecule has 19 heavy (non-hydrogen) atoms. The summed E-state index contributed by atoms with van der Waals surface area (Å²) in [4.78, 5) is 0. The molecule has 1 rings (SSSR count). The molecule has 0 aliphatic heterocycles. The molecule has 0 bridgehead atoms. The summed E-state index contributed by atoms with van der Waals surface area (Å²) in [5, 5.41) is 12.9. The first-order valence-corrected chi connectivity index (χ1v) is 7.15. The fourth-order valence-corrected chi connectivity index (χ4v) is 2.05. The van der Waals surface area contributed by atoms with E-state index in [4.69, 9.17) is 9.47 Å². The molecule has 0 radical (unpaired) electrons. The van der Waals surface area contributed by atoms with Crippen LogP contribution in [0.5, 0.6) is 5.75 Å². The van der Waals surface area contributed by atoms with Gasteiger partial charge in [0.2, 0.25) is 0 Å². The minimum absolute atomic E-state index is 0.350. The van der Waals surface area contributed by atoms with Crippen molar-refractivity contribution < 1.29 is 14.6 Å². The Morgan fingerprint density at radius 1 is 1.32 bits per heavy atom. The molecular formula is C14H22BrNO3. The Hall–Kier alpha value is -0.780. The SMILES string of the molecule is COc1ccc(NCC(O)COCC(C)C)cc1Br. The van der Waals surface area contributed by atoms with E-state index in [1.54, 1.807) is 7.11 Å². The van der Waals surface area contributed by atoms with Gasteiger partial charge in [0.15, 0.2) is 0 Å². The monoisotopic (exact) mass is 331 g/mol. The van der Waals surface area contributed by atoms with Crippen LogP contribution in [0.2, 0.25) is 0 Å². The van der Waals surface area contributed by atoms with E-state index in [2.05, 4.69) is 35.1 Å². The van der Waals surface area contributed by atoms with E-state index < -0.39 is 6.10 Å². The van der Waals surface area contributed by atoms with Crippen molar-refractivity contribution in [3.05, 3.63) is 22.7 Å². The largest absolute Gasteiger partial charge is 0.496 e. The van der Waals surface area contributed by atoms with Crippen molar-refractivity contribution in [1.82, 2.24) is 0 Å². The Labute approximate surface area is 123 Å². The number of rotatable bonds is 8. The zero-order chi connectivity index (χ0) is 14.3. The summed E-state index contributed by atoms with van der Waals surface area (Å²) in [7, 11) is 1.63. The summed E-state index contributed by atoms with van der Waals surface area (Å²) in [5.41, 5.74) is 0.926. The summed E-state index contributed by atoms with van der Waals surface area (Å²) >= 11 is 3.42. The van der Waals surface area contributed by atoms with Gasteiger partial charge in [0.1, 0.15) is 5.75 Å². The summed E-state index contributed by atoms with van der Waals surface area (Å²) in [5.74, 6) is 1.27. The fourth-order valence-electron chi connectivity index (χ4n) is 1.51. The first-order chi connectivity index (χ1) is 9.02. The fraction of sp³-hybridized carbons (Fsp3) is 0.571. The van der Waals surface area contributed by atoms with Crippen LogP contribution in [0, 0.1) is 5.92 Å². The van der Waals surface area contributed by atoms with Crippen molar-refractivity contribution in [3.63, 3.8) is 0 Å². The van der Waals surface area contributed by atoms with Gasteiger partial charge in [-0.2, -0.15) is 0 Å². The predicted octanol–water partition coefficient (Wildman–Crippen LogP) is 2.90. The number of halogens is 1. The minimum atomic E-state index is -0.514. The van der Waals surface area contributed by atoms with Crippen LogP contribution in [0.25, 0.3) is 0 Å². The second kappa shape index (κ2) is 8.40. The molecule has 0 saturated carbocycles. The van der Waals surface area contributed by atoms with E-state index in [0.717, 1.165) is 15.9 Å². The number of hydrogen-bond acceptors (Lipinski definition) is 4. The molecule has 1 unspecified atom stereocenters. The molecule has 5 heteroatoms. The van der Waals surface area contributed by atoms with Crippen LogP contribution in [-0.4, -0.2) is 38.1 Å². The van der Waals surface area contributed by atoms with Gasteiger partial charge in [-0.15, -0.1) is 0 Å². The maximum Gasteiger partial charge on any atom is 0.133 e. The summed E-state index contributed by atoms with van der Waals surface area (Å²) in [6.07, 6.45) is -0.514. The number of aliphatic hydroxyl groups is 1. The van der Waals surface area contributed by atoms with Crippen molar-refractivity contribution in [2.45, 2.75) is 20.0 Å². The van der Waals surface area contributed by atoms with Crippen molar-refractivity contribution in [1.29, 1.82) is 0 Å². The zero-order valence-corrected chi connectivity index (χ0v) is 13.2. The molecule has 0 aromatic heterocycles. The predicted molar refractivity (Wildman–Crippen MR) is 80.8 cm³/mol. The van der Waals surface area contributed by atoms with Gasteiger partial charge in [-0.1, -0.05) is 13.8 Å². The highest BCUT2D eigenvalue weighted by Gasteiger charge is 2.06. The van der Waals surface area contributed by atoms with E-state index in [9.17, 15) is 5.11 Å². The molecule has 108 valence electrons. The maximum absolute atomic E-state index is 9.77. The highest BCUT2D eigenvalue weighted by atomic mass is 79.9. The van der Waals surface area contributed by atoms with E-state index >= 15 is 0 Å². The third-order valence-electron chi connectivity index (χ3n) is 2.46. The molecule has 0 heterocycles. The second-order valence-corrected chi connectivity index (χ2v) is 5.67. The topological polar surface area (TPSA) is 50.7 Å². The van der Waals surface area contributed by atoms with Crippen LogP contribution in [0.4, 0.5) is 5.69 Å². The van der Waals surface area contributed by atoms with Gasteiger partial charge >= 0.3 is 0 Å². The van der Waals surface area contributed by atoms with Gasteiger partial charge in [0.05, 0.1) is 24.3 Å². The lowest BCUT2D eigenvalue weighted by molar-refractivity contribution is 0.0318. The third-order valence-corrected chi connectivity index (χ3v) is 3.07. The van der Waals surface area contributed by atoms with Crippen molar-refractivity contribution in [2.24, 2.45) is 5.92 Å². The number of methoxy groups -OCH3 is 1. The lowest BCUT2D eigenvalue weighted by atomic mass is 10.2. The van der Waals surface area contributed by atoms with Crippen LogP contribution >= 0.6 is 15.9 Å². The third kappa shape index (κ3) is 6.27. The Morgan fingerprint density at radius 2 is 2.05 bits per heavy atom. The summed E-state index contributed by atoms with van der Waals surface area (Å²) < 4.78 is 11.4. The number of benzene rings is 1. The molecule has 0 fully saturated rings. The minimum Gasteiger partial charge on any atom is -0.496 e. The van der Waals surface area contributed by atoms with Crippen LogP contribution in [-0.2, 0) is 4.74 Å². The molecule has 2 N–H and O–H groups in total. The molecule has 4 nitrogen and oxygen atoms in total. The molecule has 0 aliphatic carbocycles. The Bertz CT molecular complexity index is 385. The second-order valence-electron chi connectivity index (χ2n) is 4.82. The van der Waals surface area contributed by atoms with Gasteiger partial charge in [-0.05, 0) is 40.0 Å². The molecule has 0 spiro atoms. The van der Waals surface area contributed by atoms with Gasteiger partial charge in [0.25, 0.3) is 0 Å². The number of hydrogen-bond donors (Lipinski definition) is 2. The Kier molecular flexibility index (Phi) is 7.20. The van der Waals surface area contributed by atoms with Crippen LogP contribution in [0.3, 0.4) is 0 Å². The number of ether oxygens (including phenoxy) is 2. The van der Waals surface area contributed by atoms with Gasteiger partial charge in [0, 0.05) is 18.8 Å². The molecule has 1 atom stereocenters. The highest BCUT2D eigenvalue weighted by molar-refractivity contribution is 9.10. The van der Waals surface area contributed by atoms with Gasteiger partial charge in [-0.3, -0.25) is 0 Å². The number of nitrogens with one attached hydrogen (secondary N) is 1. The first-order valence-electron chi connectivity index (χ1n) is 6.36. The molecule has 1 aromatic carbocycles. The average molecular weight is 332 g/mol. The smallest absolute Gasteiger partial charge is 0.133 e. The van der Waals surface area contributed by atoms with Crippen molar-refractivity contribution in [3.8, 4) is 5.75 Å². The van der Waals surface area contributed by atoms with Crippen molar-refractivity contribution in [2.75, 3.05) is 32.2 Å². The molecule has 0 aliphatic rings. The van der Waals surface area contributed by atoms with Crippen molar-refractivity contribution >= 4 is 21.6 Å². The maximum atomic E-state index is 9.77. The van der Waals surface area contributed by atoms with Gasteiger partial charge in [-0.25, -0.2) is 0 Å². The molecule has 1 aromatic rings. The Balaban J connectivity index is 2.33. The van der Waals surface area contributed by atoms with Crippen LogP contribution in [0.1, 0.15) is 13.8 Å². The molecule has 0 saturated heterocycles. The Morgan fingerprint density at radius 3 is 2.63 bits per heavy atom. The summed E-state index contributed by atoms with van der Waals surface area (Å²) in [6, 6.07) is 5.69.